The number of benzene rings is 1. The number of nitrogens with one attached hydrogen (secondary N) is 1. The van der Waals surface area contributed by atoms with E-state index in [1.807, 2.05) is 18.2 Å². The van der Waals surface area contributed by atoms with E-state index in [2.05, 4.69) is 31.3 Å². The molecule has 0 heterocycles. The highest BCUT2D eigenvalue weighted by molar-refractivity contribution is 5.33. The van der Waals surface area contributed by atoms with Gasteiger partial charge in [0, 0.05) is 6.42 Å². The fraction of sp³-hybridized carbons (Fsp3) is 0.588. The van der Waals surface area contributed by atoms with Gasteiger partial charge in [-0.3, -0.25) is 5.32 Å². The normalized spacial score (nSPS) is 25.4. The van der Waals surface area contributed by atoms with Gasteiger partial charge in [-0.25, -0.2) is 0 Å². The molecule has 1 saturated carbocycles. The molecule has 3 heteroatoms. The molecule has 0 aromatic heterocycles. The van der Waals surface area contributed by atoms with Crippen LogP contribution in [0.5, 0.6) is 5.75 Å². The largest absolute Gasteiger partial charge is 0.490 e. The molecule has 1 N–H and O–H groups in total. The lowest BCUT2D eigenvalue weighted by atomic mass is 9.99. The van der Waals surface area contributed by atoms with Crippen molar-refractivity contribution in [3.05, 3.63) is 29.8 Å². The maximum atomic E-state index is 9.46. The summed E-state index contributed by atoms with van der Waals surface area (Å²) in [4.78, 5) is 0. The van der Waals surface area contributed by atoms with Gasteiger partial charge in [0.05, 0.1) is 6.07 Å². The van der Waals surface area contributed by atoms with E-state index in [1.54, 1.807) is 0 Å². The van der Waals surface area contributed by atoms with Gasteiger partial charge in [0.25, 0.3) is 0 Å². The molecule has 1 aliphatic rings. The zero-order valence-corrected chi connectivity index (χ0v) is 12.5. The Balaban J connectivity index is 2.01. The van der Waals surface area contributed by atoms with Gasteiger partial charge in [0.1, 0.15) is 17.4 Å². The van der Waals surface area contributed by atoms with Crippen LogP contribution in [0.1, 0.15) is 45.1 Å². The molecule has 0 bridgehead atoms. The fourth-order valence-electron chi connectivity index (χ4n) is 2.86. The van der Waals surface area contributed by atoms with Gasteiger partial charge in [-0.2, -0.15) is 5.26 Å². The zero-order valence-electron chi connectivity index (χ0n) is 12.5. The minimum absolute atomic E-state index is 0.145. The topological polar surface area (TPSA) is 45.0 Å². The van der Waals surface area contributed by atoms with Crippen molar-refractivity contribution < 1.29 is 4.74 Å². The lowest BCUT2D eigenvalue weighted by Crippen LogP contribution is -2.42. The molecule has 108 valence electrons. The molecule has 1 aliphatic carbocycles. The van der Waals surface area contributed by atoms with Gasteiger partial charge >= 0.3 is 0 Å². The summed E-state index contributed by atoms with van der Waals surface area (Å²) in [6, 6.07) is 10.7. The summed E-state index contributed by atoms with van der Waals surface area (Å²) >= 11 is 0. The summed E-state index contributed by atoms with van der Waals surface area (Å²) in [5, 5.41) is 12.9. The van der Waals surface area contributed by atoms with Crippen molar-refractivity contribution in [2.75, 3.05) is 6.54 Å². The van der Waals surface area contributed by atoms with Crippen molar-refractivity contribution in [1.29, 1.82) is 5.26 Å². The van der Waals surface area contributed by atoms with Gasteiger partial charge in [-0.15, -0.1) is 0 Å². The van der Waals surface area contributed by atoms with Crippen molar-refractivity contribution >= 4 is 0 Å². The van der Waals surface area contributed by atoms with E-state index in [0.29, 0.717) is 0 Å². The highest BCUT2D eigenvalue weighted by atomic mass is 16.5. The Labute approximate surface area is 121 Å². The van der Waals surface area contributed by atoms with Crippen molar-refractivity contribution in [2.45, 2.75) is 57.6 Å². The van der Waals surface area contributed by atoms with Crippen LogP contribution in [-0.4, -0.2) is 18.2 Å². The van der Waals surface area contributed by atoms with Crippen molar-refractivity contribution in [1.82, 2.24) is 5.32 Å². The van der Waals surface area contributed by atoms with Gasteiger partial charge in [-0.05, 0) is 43.9 Å². The summed E-state index contributed by atoms with van der Waals surface area (Å²) in [6.07, 6.45) is 4.77. The zero-order chi connectivity index (χ0) is 14.4. The van der Waals surface area contributed by atoms with Crippen molar-refractivity contribution in [3.8, 4) is 11.8 Å². The average molecular weight is 272 g/mol. The van der Waals surface area contributed by atoms with Crippen LogP contribution in [0.4, 0.5) is 0 Å². The predicted molar refractivity (Wildman–Crippen MR) is 80.7 cm³/mol. The Hall–Kier alpha value is -1.53. The predicted octanol–water partition coefficient (Wildman–Crippen LogP) is 3.44. The summed E-state index contributed by atoms with van der Waals surface area (Å²) in [7, 11) is 0. The molecule has 1 aromatic carbocycles. The van der Waals surface area contributed by atoms with E-state index in [-0.39, 0.29) is 11.6 Å². The second kappa shape index (κ2) is 6.76. The van der Waals surface area contributed by atoms with Crippen molar-refractivity contribution in [2.24, 2.45) is 0 Å². The Morgan fingerprint density at radius 1 is 1.40 bits per heavy atom. The number of nitriles is 1. The van der Waals surface area contributed by atoms with Crippen molar-refractivity contribution in [3.63, 3.8) is 0 Å². The molecule has 1 fully saturated rings. The molecule has 3 nitrogen and oxygen atoms in total. The molecule has 0 spiro atoms. The molecule has 0 aliphatic heterocycles. The molecule has 2 rings (SSSR count). The van der Waals surface area contributed by atoms with Crippen LogP contribution in [-0.2, 0) is 6.42 Å². The third-order valence-corrected chi connectivity index (χ3v) is 4.04. The maximum absolute atomic E-state index is 9.46. The van der Waals surface area contributed by atoms with Crippen LogP contribution in [0, 0.1) is 11.3 Å². The number of hydrogen-bond acceptors (Lipinski definition) is 3. The molecular weight excluding hydrogens is 248 g/mol. The Morgan fingerprint density at radius 2 is 2.20 bits per heavy atom. The fourth-order valence-corrected chi connectivity index (χ4v) is 2.86. The van der Waals surface area contributed by atoms with Crippen LogP contribution >= 0.6 is 0 Å². The average Bonchev–Trinajstić information content (AvgIpc) is 2.89. The molecule has 20 heavy (non-hydrogen) atoms. The monoisotopic (exact) mass is 272 g/mol. The highest BCUT2D eigenvalue weighted by Gasteiger charge is 2.40. The molecule has 2 atom stereocenters. The number of rotatable bonds is 6. The first-order valence-corrected chi connectivity index (χ1v) is 7.64. The quantitative estimate of drug-likeness (QED) is 0.862. The number of aryl methyl sites for hydroxylation is 1. The first kappa shape index (κ1) is 14.9. The van der Waals surface area contributed by atoms with Crippen LogP contribution in [0.15, 0.2) is 24.3 Å². The SMILES string of the molecule is CCCNC1(C#N)CCC(Oc2ccccc2CC)C1. The molecule has 2 unspecified atom stereocenters. The standard InChI is InChI=1S/C17H24N2O/c1-3-11-19-17(13-18)10-9-15(12-17)20-16-8-6-5-7-14(16)4-2/h5-8,15,19H,3-4,9-12H2,1-2H3. The molecule has 0 radical (unpaired) electrons. The highest BCUT2D eigenvalue weighted by Crippen LogP contribution is 2.33. The van der Waals surface area contributed by atoms with Gasteiger partial charge < -0.3 is 4.74 Å². The summed E-state index contributed by atoms with van der Waals surface area (Å²) in [5.74, 6) is 0.976. The molecule has 0 amide bonds. The van der Waals surface area contributed by atoms with Crippen LogP contribution in [0.3, 0.4) is 0 Å². The second-order valence-corrected chi connectivity index (χ2v) is 5.56. The molecular formula is C17H24N2O. The van der Waals surface area contributed by atoms with E-state index in [0.717, 1.165) is 44.4 Å². The minimum Gasteiger partial charge on any atom is -0.490 e. The number of hydrogen-bond donors (Lipinski definition) is 1. The van der Waals surface area contributed by atoms with E-state index in [4.69, 9.17) is 4.74 Å². The lowest BCUT2D eigenvalue weighted by Gasteiger charge is -2.23. The third-order valence-electron chi connectivity index (χ3n) is 4.04. The molecule has 0 saturated heterocycles. The summed E-state index contributed by atoms with van der Waals surface area (Å²) in [5.41, 5.74) is 0.852. The summed E-state index contributed by atoms with van der Waals surface area (Å²) in [6.45, 7) is 5.16. The van der Waals surface area contributed by atoms with E-state index < -0.39 is 0 Å². The lowest BCUT2D eigenvalue weighted by molar-refractivity contribution is 0.199. The first-order chi connectivity index (χ1) is 9.73. The number of nitrogens with zero attached hydrogens (tertiary/aromatic N) is 1. The third kappa shape index (κ3) is 3.32. The van der Waals surface area contributed by atoms with Gasteiger partial charge in [-0.1, -0.05) is 32.0 Å². The Bertz CT molecular complexity index is 480. The van der Waals surface area contributed by atoms with Crippen LogP contribution in [0.2, 0.25) is 0 Å². The van der Waals surface area contributed by atoms with E-state index >= 15 is 0 Å². The molecule has 1 aromatic rings. The van der Waals surface area contributed by atoms with Crippen LogP contribution < -0.4 is 10.1 Å². The summed E-state index contributed by atoms with van der Waals surface area (Å²) < 4.78 is 6.14. The maximum Gasteiger partial charge on any atom is 0.122 e. The van der Waals surface area contributed by atoms with Crippen LogP contribution in [0.25, 0.3) is 0 Å². The minimum atomic E-state index is -0.387. The van der Waals surface area contributed by atoms with E-state index in [9.17, 15) is 5.26 Å². The smallest absolute Gasteiger partial charge is 0.122 e. The Kier molecular flexibility index (Phi) is 5.03. The second-order valence-electron chi connectivity index (χ2n) is 5.56. The van der Waals surface area contributed by atoms with E-state index in [1.165, 1.54) is 5.56 Å². The Morgan fingerprint density at radius 3 is 2.90 bits per heavy atom. The first-order valence-electron chi connectivity index (χ1n) is 7.64. The van der Waals surface area contributed by atoms with Gasteiger partial charge in [0.15, 0.2) is 0 Å². The van der Waals surface area contributed by atoms with Gasteiger partial charge in [0.2, 0.25) is 0 Å². The number of ether oxygens (including phenoxy) is 1. The number of para-hydroxylation sites is 1.